The molecule has 8 nitrogen and oxygen atoms in total. The average Bonchev–Trinajstić information content (AvgIpc) is 3.39. The van der Waals surface area contributed by atoms with Gasteiger partial charge in [0.25, 0.3) is 0 Å². The van der Waals surface area contributed by atoms with Crippen LogP contribution in [0.1, 0.15) is 21.7 Å². The first-order chi connectivity index (χ1) is 15.0. The average molecular weight is 415 g/mol. The number of H-pyrrole nitrogens is 1. The third-order valence-electron chi connectivity index (χ3n) is 4.97. The number of para-hydroxylation sites is 1. The van der Waals surface area contributed by atoms with Crippen LogP contribution < -0.4 is 10.6 Å². The molecule has 156 valence electrons. The predicted octanol–water partition coefficient (Wildman–Crippen LogP) is 2.43. The number of carbonyl (C=O) groups excluding carboxylic acids is 3. The number of hydrogen-bond acceptors (Lipinski definition) is 4. The van der Waals surface area contributed by atoms with Crippen molar-refractivity contribution in [3.63, 3.8) is 0 Å². The fourth-order valence-electron chi connectivity index (χ4n) is 3.37. The maximum atomic E-state index is 12.6. The number of aromatic amines is 1. The van der Waals surface area contributed by atoms with Crippen molar-refractivity contribution in [2.24, 2.45) is 7.05 Å². The van der Waals surface area contributed by atoms with Crippen LogP contribution in [0.4, 0.5) is 5.69 Å². The molecule has 0 aliphatic carbocycles. The number of amides is 2. The van der Waals surface area contributed by atoms with Crippen molar-refractivity contribution in [1.29, 1.82) is 0 Å². The van der Waals surface area contributed by atoms with E-state index >= 15 is 0 Å². The largest absolute Gasteiger partial charge is 0.361 e. The highest BCUT2D eigenvalue weighted by atomic mass is 16.2. The molecule has 0 radical (unpaired) electrons. The summed E-state index contributed by atoms with van der Waals surface area (Å²) in [4.78, 5) is 44.2. The van der Waals surface area contributed by atoms with Crippen molar-refractivity contribution in [2.75, 3.05) is 11.9 Å². The SMILES string of the molecule is Cn1ccnc1C(=O)c1cccc(NC(=O)C(=O)NCCc2c[nH]c3ccccc23)c1. The summed E-state index contributed by atoms with van der Waals surface area (Å²) in [6, 6.07) is 14.3. The molecule has 2 aromatic heterocycles. The number of carbonyl (C=O) groups is 3. The summed E-state index contributed by atoms with van der Waals surface area (Å²) in [5.74, 6) is -1.51. The molecule has 8 heteroatoms. The maximum Gasteiger partial charge on any atom is 0.313 e. The molecule has 0 saturated carbocycles. The lowest BCUT2D eigenvalue weighted by Gasteiger charge is -2.08. The van der Waals surface area contributed by atoms with E-state index in [9.17, 15) is 14.4 Å². The maximum absolute atomic E-state index is 12.6. The van der Waals surface area contributed by atoms with E-state index in [4.69, 9.17) is 0 Å². The van der Waals surface area contributed by atoms with Gasteiger partial charge in [-0.1, -0.05) is 30.3 Å². The second kappa shape index (κ2) is 8.66. The summed E-state index contributed by atoms with van der Waals surface area (Å²) in [5.41, 5.74) is 2.82. The van der Waals surface area contributed by atoms with Crippen molar-refractivity contribution in [2.45, 2.75) is 6.42 Å². The number of imidazole rings is 1. The Kier molecular flexibility index (Phi) is 5.61. The number of rotatable bonds is 6. The van der Waals surface area contributed by atoms with Gasteiger partial charge in [-0.25, -0.2) is 4.98 Å². The number of anilines is 1. The van der Waals surface area contributed by atoms with Crippen molar-refractivity contribution in [1.82, 2.24) is 19.9 Å². The van der Waals surface area contributed by atoms with Crippen LogP contribution in [-0.4, -0.2) is 38.7 Å². The number of ketones is 1. The van der Waals surface area contributed by atoms with Gasteiger partial charge in [-0.05, 0) is 30.2 Å². The van der Waals surface area contributed by atoms with Gasteiger partial charge in [-0.2, -0.15) is 0 Å². The van der Waals surface area contributed by atoms with Gasteiger partial charge >= 0.3 is 11.8 Å². The van der Waals surface area contributed by atoms with E-state index in [0.717, 1.165) is 16.5 Å². The molecule has 0 atom stereocenters. The highest BCUT2D eigenvalue weighted by Crippen LogP contribution is 2.18. The number of aromatic nitrogens is 3. The van der Waals surface area contributed by atoms with Crippen molar-refractivity contribution in [3.05, 3.63) is 84.1 Å². The molecule has 2 aromatic carbocycles. The molecule has 3 N–H and O–H groups in total. The van der Waals surface area contributed by atoms with Gasteiger partial charge in [0, 0.05) is 54.3 Å². The van der Waals surface area contributed by atoms with Crippen LogP contribution in [0.3, 0.4) is 0 Å². The topological polar surface area (TPSA) is 109 Å². The Bertz CT molecular complexity index is 1270. The van der Waals surface area contributed by atoms with Gasteiger partial charge in [0.15, 0.2) is 5.82 Å². The Morgan fingerprint density at radius 1 is 1.06 bits per heavy atom. The molecule has 31 heavy (non-hydrogen) atoms. The zero-order valence-electron chi connectivity index (χ0n) is 16.9. The lowest BCUT2D eigenvalue weighted by molar-refractivity contribution is -0.136. The Hall–Kier alpha value is -4.20. The third kappa shape index (κ3) is 4.37. The van der Waals surface area contributed by atoms with Crippen LogP contribution >= 0.6 is 0 Å². The molecule has 0 fully saturated rings. The highest BCUT2D eigenvalue weighted by molar-refractivity contribution is 6.39. The van der Waals surface area contributed by atoms with E-state index in [1.165, 1.54) is 6.07 Å². The second-order valence-electron chi connectivity index (χ2n) is 7.09. The Labute approximate surface area is 178 Å². The second-order valence-corrected chi connectivity index (χ2v) is 7.09. The zero-order valence-corrected chi connectivity index (χ0v) is 16.9. The van der Waals surface area contributed by atoms with Gasteiger partial charge in [0.1, 0.15) is 0 Å². The first-order valence-corrected chi connectivity index (χ1v) is 9.79. The monoisotopic (exact) mass is 415 g/mol. The summed E-state index contributed by atoms with van der Waals surface area (Å²) < 4.78 is 1.62. The van der Waals surface area contributed by atoms with Gasteiger partial charge in [0.2, 0.25) is 5.78 Å². The molecule has 0 aliphatic rings. The number of benzene rings is 2. The lowest BCUT2D eigenvalue weighted by Crippen LogP contribution is -2.36. The molecule has 2 heterocycles. The first kappa shape index (κ1) is 20.1. The van der Waals surface area contributed by atoms with Gasteiger partial charge < -0.3 is 20.2 Å². The van der Waals surface area contributed by atoms with Crippen molar-refractivity contribution >= 4 is 34.2 Å². The molecule has 4 aromatic rings. The van der Waals surface area contributed by atoms with Crippen LogP contribution in [-0.2, 0) is 23.1 Å². The zero-order chi connectivity index (χ0) is 21.8. The quantitative estimate of drug-likeness (QED) is 0.332. The number of nitrogens with zero attached hydrogens (tertiary/aromatic N) is 2. The molecule has 0 unspecified atom stereocenters. The summed E-state index contributed by atoms with van der Waals surface area (Å²) in [7, 11) is 1.73. The van der Waals surface area contributed by atoms with Gasteiger partial charge in [-0.15, -0.1) is 0 Å². The molecule has 0 saturated heterocycles. The van der Waals surface area contributed by atoms with Crippen LogP contribution in [0.15, 0.2) is 67.1 Å². The van der Waals surface area contributed by atoms with E-state index < -0.39 is 11.8 Å². The van der Waals surface area contributed by atoms with Crippen LogP contribution in [0, 0.1) is 0 Å². The van der Waals surface area contributed by atoms with Crippen LogP contribution in [0.2, 0.25) is 0 Å². The van der Waals surface area contributed by atoms with Crippen LogP contribution in [0.5, 0.6) is 0 Å². The molecule has 0 bridgehead atoms. The fraction of sp³-hybridized carbons (Fsp3) is 0.130. The minimum Gasteiger partial charge on any atom is -0.361 e. The van der Waals surface area contributed by atoms with Crippen molar-refractivity contribution < 1.29 is 14.4 Å². The molecule has 0 spiro atoms. The first-order valence-electron chi connectivity index (χ1n) is 9.79. The van der Waals surface area contributed by atoms with E-state index in [-0.39, 0.29) is 5.78 Å². The minimum atomic E-state index is -0.791. The van der Waals surface area contributed by atoms with Crippen molar-refractivity contribution in [3.8, 4) is 0 Å². The molecule has 2 amide bonds. The van der Waals surface area contributed by atoms with Gasteiger partial charge in [-0.3, -0.25) is 14.4 Å². The summed E-state index contributed by atoms with van der Waals surface area (Å²) >= 11 is 0. The van der Waals surface area contributed by atoms with Crippen LogP contribution in [0.25, 0.3) is 10.9 Å². The lowest BCUT2D eigenvalue weighted by atomic mass is 10.1. The number of fused-ring (bicyclic) bond motifs is 1. The minimum absolute atomic E-state index is 0.272. The summed E-state index contributed by atoms with van der Waals surface area (Å²) in [6.07, 6.45) is 5.72. The van der Waals surface area contributed by atoms with E-state index in [1.54, 1.807) is 42.2 Å². The number of hydrogen-bond donors (Lipinski definition) is 3. The number of aryl methyl sites for hydroxylation is 1. The Morgan fingerprint density at radius 2 is 1.90 bits per heavy atom. The fourth-order valence-corrected chi connectivity index (χ4v) is 3.37. The highest BCUT2D eigenvalue weighted by Gasteiger charge is 2.17. The Morgan fingerprint density at radius 3 is 2.71 bits per heavy atom. The van der Waals surface area contributed by atoms with Gasteiger partial charge in [0.05, 0.1) is 0 Å². The standard InChI is InChI=1S/C23H21N5O3/c1-28-12-11-24-21(28)20(29)15-5-4-6-17(13-15)27-23(31)22(30)25-10-9-16-14-26-19-8-3-2-7-18(16)19/h2-8,11-14,26H,9-10H2,1H3,(H,25,30)(H,27,31). The summed E-state index contributed by atoms with van der Waals surface area (Å²) in [6.45, 7) is 0.325. The Balaban J connectivity index is 1.34. The van der Waals surface area contributed by atoms with E-state index in [1.807, 2.05) is 30.5 Å². The molecule has 0 aliphatic heterocycles. The van der Waals surface area contributed by atoms with E-state index in [0.29, 0.717) is 30.0 Å². The summed E-state index contributed by atoms with van der Waals surface area (Å²) in [5, 5.41) is 6.25. The number of nitrogens with one attached hydrogen (secondary N) is 3. The smallest absolute Gasteiger partial charge is 0.313 e. The molecular weight excluding hydrogens is 394 g/mol. The normalized spacial score (nSPS) is 10.7. The predicted molar refractivity (Wildman–Crippen MR) is 117 cm³/mol. The molecular formula is C23H21N5O3. The third-order valence-corrected chi connectivity index (χ3v) is 4.97. The molecule has 4 rings (SSSR count). The van der Waals surface area contributed by atoms with E-state index in [2.05, 4.69) is 20.6 Å².